The summed E-state index contributed by atoms with van der Waals surface area (Å²) < 4.78 is 3.34. The van der Waals surface area contributed by atoms with E-state index in [1.807, 2.05) is 19.1 Å². The van der Waals surface area contributed by atoms with Gasteiger partial charge in [-0.3, -0.25) is 14.2 Å². The predicted molar refractivity (Wildman–Crippen MR) is 93.4 cm³/mol. The fraction of sp³-hybridized carbons (Fsp3) is 0.188. The molecule has 1 N–H and O–H groups in total. The molecule has 0 atom stereocenters. The van der Waals surface area contributed by atoms with Gasteiger partial charge in [0.25, 0.3) is 0 Å². The van der Waals surface area contributed by atoms with Crippen LogP contribution in [-0.4, -0.2) is 25.5 Å². The molecular weight excluding hydrogens is 349 g/mol. The van der Waals surface area contributed by atoms with Crippen molar-refractivity contribution in [2.75, 3.05) is 5.32 Å². The van der Waals surface area contributed by atoms with Crippen LogP contribution < -0.4 is 5.32 Å². The van der Waals surface area contributed by atoms with Crippen molar-refractivity contribution in [3.8, 4) is 0 Å². The molecule has 0 aliphatic rings. The highest BCUT2D eigenvalue weighted by Crippen LogP contribution is 2.23. The van der Waals surface area contributed by atoms with E-state index in [0.29, 0.717) is 22.4 Å². The van der Waals surface area contributed by atoms with Crippen LogP contribution in [0.2, 0.25) is 10.0 Å². The average molecular weight is 364 g/mol. The van der Waals surface area contributed by atoms with Crippen molar-refractivity contribution in [1.29, 1.82) is 0 Å². The zero-order chi connectivity index (χ0) is 17.1. The van der Waals surface area contributed by atoms with E-state index >= 15 is 0 Å². The number of carbonyl (C=O) groups is 1. The van der Waals surface area contributed by atoms with Gasteiger partial charge in [-0.15, -0.1) is 0 Å². The number of hydrogen-bond acceptors (Lipinski definition) is 3. The molecule has 24 heavy (non-hydrogen) atoms. The molecule has 1 amide bonds. The molecule has 1 aromatic carbocycles. The van der Waals surface area contributed by atoms with Crippen LogP contribution >= 0.6 is 23.2 Å². The molecule has 0 saturated carbocycles. The zero-order valence-electron chi connectivity index (χ0n) is 12.9. The summed E-state index contributed by atoms with van der Waals surface area (Å²) in [6.45, 7) is 2.58. The molecule has 6 nitrogen and oxygen atoms in total. The molecule has 0 aliphatic carbocycles. The minimum absolute atomic E-state index is 0.151. The number of nitrogens with one attached hydrogen (secondary N) is 1. The highest BCUT2D eigenvalue weighted by Gasteiger charge is 2.08. The summed E-state index contributed by atoms with van der Waals surface area (Å²) in [5.74, 6) is 0.312. The van der Waals surface area contributed by atoms with Gasteiger partial charge >= 0.3 is 0 Å². The van der Waals surface area contributed by atoms with Gasteiger partial charge in [-0.25, -0.2) is 0 Å². The first-order valence-corrected chi connectivity index (χ1v) is 8.02. The molecule has 124 valence electrons. The number of aryl methyl sites for hydroxylation is 1. The first-order chi connectivity index (χ1) is 11.5. The lowest BCUT2D eigenvalue weighted by Gasteiger charge is -2.05. The van der Waals surface area contributed by atoms with Gasteiger partial charge < -0.3 is 5.32 Å². The van der Waals surface area contributed by atoms with Gasteiger partial charge in [-0.05, 0) is 30.7 Å². The van der Waals surface area contributed by atoms with Crippen LogP contribution in [0.25, 0.3) is 0 Å². The number of hydrogen-bond donors (Lipinski definition) is 1. The summed E-state index contributed by atoms with van der Waals surface area (Å²) in [5.41, 5.74) is 1.90. The largest absolute Gasteiger partial charge is 0.308 e. The van der Waals surface area contributed by atoms with Gasteiger partial charge in [-0.1, -0.05) is 29.3 Å². The molecule has 3 aromatic rings. The molecule has 0 saturated heterocycles. The Morgan fingerprint density at radius 2 is 2.04 bits per heavy atom. The number of amides is 1. The fourth-order valence-electron chi connectivity index (χ4n) is 2.22. The quantitative estimate of drug-likeness (QED) is 0.755. The van der Waals surface area contributed by atoms with Crippen molar-refractivity contribution < 1.29 is 4.79 Å². The van der Waals surface area contributed by atoms with Crippen LogP contribution in [-0.2, 0) is 17.9 Å². The summed E-state index contributed by atoms with van der Waals surface area (Å²) in [6, 6.07) is 9.02. The van der Waals surface area contributed by atoms with E-state index in [4.69, 9.17) is 23.2 Å². The first kappa shape index (κ1) is 16.5. The molecule has 0 fully saturated rings. The predicted octanol–water partition coefficient (Wildman–Crippen LogP) is 3.38. The Labute approximate surface area is 149 Å². The smallest absolute Gasteiger partial charge is 0.247 e. The number of benzene rings is 1. The van der Waals surface area contributed by atoms with E-state index in [2.05, 4.69) is 15.5 Å². The van der Waals surface area contributed by atoms with E-state index in [9.17, 15) is 4.79 Å². The van der Waals surface area contributed by atoms with Crippen molar-refractivity contribution in [2.24, 2.45) is 0 Å². The molecule has 2 aromatic heterocycles. The number of nitrogens with zero attached hydrogens (tertiary/aromatic N) is 4. The lowest BCUT2D eigenvalue weighted by Crippen LogP contribution is -2.20. The van der Waals surface area contributed by atoms with Crippen molar-refractivity contribution in [2.45, 2.75) is 20.0 Å². The Morgan fingerprint density at radius 1 is 1.21 bits per heavy atom. The second kappa shape index (κ2) is 7.07. The monoisotopic (exact) mass is 363 g/mol. The molecule has 2 heterocycles. The molecule has 0 spiro atoms. The standard InChI is InChI=1S/C16H15Cl2N5O/c1-11-4-6-19-23(11)10-16(24)20-15-5-7-22(21-15)9-12-2-3-13(17)14(18)8-12/h2-8H,9-10H2,1H3,(H,20,21,24). The van der Waals surface area contributed by atoms with Crippen molar-refractivity contribution in [1.82, 2.24) is 19.6 Å². The second-order valence-electron chi connectivity index (χ2n) is 5.33. The van der Waals surface area contributed by atoms with Crippen LogP contribution in [0.3, 0.4) is 0 Å². The van der Waals surface area contributed by atoms with Crippen molar-refractivity contribution >= 4 is 34.9 Å². The van der Waals surface area contributed by atoms with Gasteiger partial charge in [0.2, 0.25) is 5.91 Å². The van der Waals surface area contributed by atoms with Gasteiger partial charge in [0, 0.05) is 24.2 Å². The Kier molecular flexibility index (Phi) is 4.87. The van der Waals surface area contributed by atoms with Gasteiger partial charge in [0.1, 0.15) is 6.54 Å². The second-order valence-corrected chi connectivity index (χ2v) is 6.14. The topological polar surface area (TPSA) is 64.7 Å². The van der Waals surface area contributed by atoms with Crippen LogP contribution in [0.4, 0.5) is 5.82 Å². The summed E-state index contributed by atoms with van der Waals surface area (Å²) in [4.78, 5) is 12.0. The SMILES string of the molecule is Cc1ccnn1CC(=O)Nc1ccn(Cc2ccc(Cl)c(Cl)c2)n1. The number of halogens is 2. The van der Waals surface area contributed by atoms with E-state index in [-0.39, 0.29) is 12.5 Å². The van der Waals surface area contributed by atoms with E-state index in [0.717, 1.165) is 11.3 Å². The van der Waals surface area contributed by atoms with Gasteiger partial charge in [-0.2, -0.15) is 10.2 Å². The number of aromatic nitrogens is 4. The highest BCUT2D eigenvalue weighted by atomic mass is 35.5. The Bertz CT molecular complexity index is 871. The average Bonchev–Trinajstić information content (AvgIpc) is 3.13. The normalized spacial score (nSPS) is 10.8. The van der Waals surface area contributed by atoms with Crippen LogP contribution in [0.15, 0.2) is 42.7 Å². The third-order valence-electron chi connectivity index (χ3n) is 3.46. The van der Waals surface area contributed by atoms with Crippen molar-refractivity contribution in [3.63, 3.8) is 0 Å². The van der Waals surface area contributed by atoms with Gasteiger partial charge in [0.15, 0.2) is 5.82 Å². The Balaban J connectivity index is 1.61. The number of carbonyl (C=O) groups excluding carboxylic acids is 1. The Morgan fingerprint density at radius 3 is 2.75 bits per heavy atom. The number of rotatable bonds is 5. The molecule has 3 rings (SSSR count). The van der Waals surface area contributed by atoms with Crippen LogP contribution in [0.1, 0.15) is 11.3 Å². The summed E-state index contributed by atoms with van der Waals surface area (Å²) in [7, 11) is 0. The molecular formula is C16H15Cl2N5O. The third-order valence-corrected chi connectivity index (χ3v) is 4.20. The minimum atomic E-state index is -0.179. The maximum Gasteiger partial charge on any atom is 0.247 e. The Hall–Kier alpha value is -2.31. The number of anilines is 1. The van der Waals surface area contributed by atoms with Crippen LogP contribution in [0.5, 0.6) is 0 Å². The summed E-state index contributed by atoms with van der Waals surface area (Å²) in [5, 5.41) is 12.2. The third kappa shape index (κ3) is 3.96. The lowest BCUT2D eigenvalue weighted by molar-refractivity contribution is -0.117. The van der Waals surface area contributed by atoms with Crippen molar-refractivity contribution in [3.05, 3.63) is 64.0 Å². The first-order valence-electron chi connectivity index (χ1n) is 7.27. The maximum atomic E-state index is 12.0. The summed E-state index contributed by atoms with van der Waals surface area (Å²) in [6.07, 6.45) is 3.45. The lowest BCUT2D eigenvalue weighted by atomic mass is 10.2. The zero-order valence-corrected chi connectivity index (χ0v) is 14.4. The van der Waals surface area contributed by atoms with E-state index in [1.54, 1.807) is 40.0 Å². The molecule has 8 heteroatoms. The van der Waals surface area contributed by atoms with Crippen LogP contribution in [0, 0.1) is 6.92 Å². The highest BCUT2D eigenvalue weighted by molar-refractivity contribution is 6.42. The minimum Gasteiger partial charge on any atom is -0.308 e. The molecule has 0 radical (unpaired) electrons. The maximum absolute atomic E-state index is 12.0. The fourth-order valence-corrected chi connectivity index (χ4v) is 2.54. The van der Waals surface area contributed by atoms with Gasteiger partial charge in [0.05, 0.1) is 16.6 Å². The summed E-state index contributed by atoms with van der Waals surface area (Å²) >= 11 is 11.9. The molecule has 0 bridgehead atoms. The molecule has 0 aliphatic heterocycles. The molecule has 0 unspecified atom stereocenters. The van der Waals surface area contributed by atoms with E-state index in [1.165, 1.54) is 0 Å². The van der Waals surface area contributed by atoms with E-state index < -0.39 is 0 Å².